The summed E-state index contributed by atoms with van der Waals surface area (Å²) >= 11 is 2.84. The van der Waals surface area contributed by atoms with Gasteiger partial charge in [0.15, 0.2) is 0 Å². The average molecular weight is 1340 g/mol. The van der Waals surface area contributed by atoms with E-state index < -0.39 is 0 Å². The smallest absolute Gasteiger partial charge is 0.306 e. The van der Waals surface area contributed by atoms with E-state index in [4.69, 9.17) is 14.2 Å². The zero-order valence-electron chi connectivity index (χ0n) is 61.7. The molecule has 0 aliphatic heterocycles. The molecule has 93 heavy (non-hydrogen) atoms. The molecule has 542 valence electrons. The van der Waals surface area contributed by atoms with Crippen molar-refractivity contribution in [2.45, 2.75) is 317 Å². The van der Waals surface area contributed by atoms with E-state index in [-0.39, 0.29) is 28.4 Å². The fourth-order valence-electron chi connectivity index (χ4n) is 10.3. The molecule has 0 saturated carbocycles. The van der Waals surface area contributed by atoms with Gasteiger partial charge in [0.1, 0.15) is 19.8 Å². The topological polar surface area (TPSA) is 126 Å². The molecule has 2 amide bonds. The lowest BCUT2D eigenvalue weighted by Gasteiger charge is -2.22. The number of amides is 2. The van der Waals surface area contributed by atoms with Gasteiger partial charge in [0.25, 0.3) is 10.5 Å². The number of carbonyl (C=O) groups is 5. The van der Waals surface area contributed by atoms with E-state index in [0.29, 0.717) is 52.2 Å². The lowest BCUT2D eigenvalue weighted by Crippen LogP contribution is -2.31. The van der Waals surface area contributed by atoms with Gasteiger partial charge in [-0.2, -0.15) is 0 Å². The summed E-state index contributed by atoms with van der Waals surface area (Å²) in [5, 5.41) is 0.353. The van der Waals surface area contributed by atoms with Gasteiger partial charge in [-0.3, -0.25) is 24.0 Å². The molecular weight excluding hydrogens is 1200 g/mol. The number of thioether (sulfide) groups is 2. The molecule has 0 unspecified atom stereocenters. The summed E-state index contributed by atoms with van der Waals surface area (Å²) in [6.07, 6.45) is 71.7. The highest BCUT2D eigenvalue weighted by atomic mass is 32.2. The number of hydrogen-bond acceptors (Lipinski definition) is 12. The van der Waals surface area contributed by atoms with E-state index in [9.17, 15) is 24.0 Å². The summed E-state index contributed by atoms with van der Waals surface area (Å²) < 4.78 is 16.0. The average Bonchev–Trinajstić information content (AvgIpc) is 3.75. The zero-order valence-corrected chi connectivity index (χ0v) is 63.4. The SMILES string of the molecule is CCCCCC/C=C\C/C=C\CCCCCCCN(CCCCCCCC(=O)OC/C=C\CCCCCC)C(=O)SCCN(C)C.CCCCCCCC/C=C\COC(=O)CCCCCN(CCCCCC(=O)OC/C=C/CCCCCCCC)C(=O)SCCN(C)C. The molecule has 0 aromatic carbocycles. The summed E-state index contributed by atoms with van der Waals surface area (Å²) in [6, 6.07) is 0. The Labute approximate surface area is 582 Å². The third kappa shape index (κ3) is 74.3. The van der Waals surface area contributed by atoms with Crippen molar-refractivity contribution in [1.29, 1.82) is 0 Å². The minimum absolute atomic E-state index is 0.0881. The van der Waals surface area contributed by atoms with Crippen molar-refractivity contribution in [3.63, 3.8) is 0 Å². The van der Waals surface area contributed by atoms with Crippen LogP contribution in [0.4, 0.5) is 9.59 Å². The summed E-state index contributed by atoms with van der Waals surface area (Å²) in [7, 11) is 8.13. The second kappa shape index (κ2) is 76.0. The molecule has 0 aliphatic carbocycles. The molecule has 0 spiro atoms. The lowest BCUT2D eigenvalue weighted by molar-refractivity contribution is -0.143. The minimum atomic E-state index is -0.149. The zero-order chi connectivity index (χ0) is 68.4. The summed E-state index contributed by atoms with van der Waals surface area (Å²) in [4.78, 5) is 70.3. The maximum atomic E-state index is 12.9. The van der Waals surface area contributed by atoms with Crippen LogP contribution < -0.4 is 0 Å². The highest BCUT2D eigenvalue weighted by Crippen LogP contribution is 2.18. The molecular formula is C79H146N4O8S2. The van der Waals surface area contributed by atoms with E-state index >= 15 is 0 Å². The van der Waals surface area contributed by atoms with Crippen LogP contribution in [0, 0.1) is 0 Å². The summed E-state index contributed by atoms with van der Waals surface area (Å²) in [5.74, 6) is 1.22. The second-order valence-electron chi connectivity index (χ2n) is 26.0. The molecule has 0 bridgehead atoms. The Morgan fingerprint density at radius 2 is 0.516 bits per heavy atom. The summed E-state index contributed by atoms with van der Waals surface area (Å²) in [5.41, 5.74) is 0. The van der Waals surface area contributed by atoms with Crippen LogP contribution in [0.1, 0.15) is 317 Å². The normalized spacial score (nSPS) is 11.8. The second-order valence-corrected chi connectivity index (χ2v) is 28.1. The molecule has 0 saturated heterocycles. The van der Waals surface area contributed by atoms with Gasteiger partial charge in [-0.15, -0.1) is 0 Å². The van der Waals surface area contributed by atoms with Crippen LogP contribution in [0.5, 0.6) is 0 Å². The number of nitrogens with zero attached hydrogens (tertiary/aromatic N) is 4. The monoisotopic (exact) mass is 1340 g/mol. The predicted octanol–water partition coefficient (Wildman–Crippen LogP) is 22.5. The first-order valence-corrected chi connectivity index (χ1v) is 40.2. The first-order valence-electron chi connectivity index (χ1n) is 38.3. The van der Waals surface area contributed by atoms with E-state index in [1.807, 2.05) is 37.2 Å². The van der Waals surface area contributed by atoms with Crippen molar-refractivity contribution >= 4 is 51.9 Å². The Kier molecular flexibility index (Phi) is 75.0. The van der Waals surface area contributed by atoms with Crippen LogP contribution in [0.3, 0.4) is 0 Å². The molecule has 0 aromatic heterocycles. The molecule has 14 heteroatoms. The van der Waals surface area contributed by atoms with Crippen molar-refractivity contribution in [1.82, 2.24) is 19.6 Å². The highest BCUT2D eigenvalue weighted by molar-refractivity contribution is 8.13. The third-order valence-electron chi connectivity index (χ3n) is 16.3. The number of allylic oxidation sites excluding steroid dienone is 7. The van der Waals surface area contributed by atoms with Gasteiger partial charge in [-0.25, -0.2) is 0 Å². The van der Waals surface area contributed by atoms with Crippen molar-refractivity contribution < 1.29 is 38.2 Å². The highest BCUT2D eigenvalue weighted by Gasteiger charge is 2.16. The van der Waals surface area contributed by atoms with Crippen LogP contribution in [0.2, 0.25) is 0 Å². The van der Waals surface area contributed by atoms with Crippen molar-refractivity contribution in [2.24, 2.45) is 0 Å². The van der Waals surface area contributed by atoms with Crippen LogP contribution >= 0.6 is 23.5 Å². The number of hydrogen-bond donors (Lipinski definition) is 0. The van der Waals surface area contributed by atoms with Crippen LogP contribution in [0.15, 0.2) is 60.8 Å². The Morgan fingerprint density at radius 1 is 0.280 bits per heavy atom. The van der Waals surface area contributed by atoms with E-state index in [2.05, 4.69) is 99.0 Å². The molecule has 0 rings (SSSR count). The first kappa shape index (κ1) is 91.7. The van der Waals surface area contributed by atoms with Gasteiger partial charge in [0.2, 0.25) is 0 Å². The van der Waals surface area contributed by atoms with Gasteiger partial charge < -0.3 is 33.8 Å². The maximum absolute atomic E-state index is 12.9. The quantitative estimate of drug-likeness (QED) is 0.0249. The van der Waals surface area contributed by atoms with Crippen molar-refractivity contribution in [3.05, 3.63) is 60.8 Å². The van der Waals surface area contributed by atoms with Crippen LogP contribution in [-0.4, -0.2) is 147 Å². The molecule has 12 nitrogen and oxygen atoms in total. The van der Waals surface area contributed by atoms with Gasteiger partial charge >= 0.3 is 17.9 Å². The molecule has 0 atom stereocenters. The Balaban J connectivity index is 0. The molecule has 0 aromatic rings. The van der Waals surface area contributed by atoms with Gasteiger partial charge in [0.05, 0.1) is 0 Å². The Hall–Kier alpha value is -3.33. The predicted molar refractivity (Wildman–Crippen MR) is 405 cm³/mol. The number of rotatable bonds is 66. The molecule has 0 radical (unpaired) electrons. The maximum Gasteiger partial charge on any atom is 0.306 e. The fraction of sp³-hybridized carbons (Fsp3) is 0.810. The number of ether oxygens (including phenoxy) is 3. The van der Waals surface area contributed by atoms with Gasteiger partial charge in [-0.05, 0) is 144 Å². The molecule has 0 fully saturated rings. The van der Waals surface area contributed by atoms with E-state index in [1.54, 1.807) is 0 Å². The molecule has 0 aliphatic rings. The summed E-state index contributed by atoms with van der Waals surface area (Å²) in [6.45, 7) is 15.0. The van der Waals surface area contributed by atoms with Crippen LogP contribution in [-0.2, 0) is 28.6 Å². The van der Waals surface area contributed by atoms with Crippen molar-refractivity contribution in [3.8, 4) is 0 Å². The fourth-order valence-corrected chi connectivity index (χ4v) is 12.3. The number of carbonyl (C=O) groups excluding carboxylic acids is 5. The van der Waals surface area contributed by atoms with Gasteiger partial charge in [0, 0.05) is 70.0 Å². The van der Waals surface area contributed by atoms with Crippen LogP contribution in [0.25, 0.3) is 0 Å². The lowest BCUT2D eigenvalue weighted by atomic mass is 10.1. The Morgan fingerprint density at radius 3 is 0.806 bits per heavy atom. The van der Waals surface area contributed by atoms with E-state index in [0.717, 1.165) is 140 Å². The standard InChI is InChI=1S/C40H74N2O3S.C39H72N2O5S/c1-5-7-9-11-13-14-15-16-17-18-19-20-21-22-26-30-34-42(40(44)46-38-36-41(3)4)35-31-27-24-25-29-33-39(43)45-37-32-28-23-12-10-8-6-2;1-5-7-9-11-13-15-17-19-27-34-45-37(42)29-23-21-25-31-41(39(44)47-36-33-40(3)4)32-26-22-24-30-38(43)46-35-28-20-18-16-14-12-10-8-6-2/h14-15,17-18,28,32H,5-13,16,19-27,29-31,33-38H2,1-4H3;19-20,27-28H,5-18,21-26,29-36H2,1-4H3/b15-14-,18-17-,32-28-;27-19-,28-20+. The number of unbranched alkanes of at least 4 members (excludes halogenated alkanes) is 33. The van der Waals surface area contributed by atoms with E-state index in [1.165, 1.54) is 190 Å². The molecule has 0 N–H and O–H groups in total. The Bertz CT molecular complexity index is 1770. The first-order chi connectivity index (χ1) is 45.4. The third-order valence-corrected chi connectivity index (χ3v) is 18.1. The largest absolute Gasteiger partial charge is 0.461 e. The van der Waals surface area contributed by atoms with Crippen molar-refractivity contribution in [2.75, 3.05) is 98.8 Å². The minimum Gasteiger partial charge on any atom is -0.461 e. The number of esters is 3. The molecule has 0 heterocycles. The van der Waals surface area contributed by atoms with Gasteiger partial charge in [-0.1, -0.05) is 266 Å².